The Kier molecular flexibility index (Phi) is 3.68. The van der Waals surface area contributed by atoms with Gasteiger partial charge in [-0.05, 0) is 43.6 Å². The number of nitrogens with one attached hydrogen (secondary N) is 1. The largest absolute Gasteiger partial charge is 0.466 e. The van der Waals surface area contributed by atoms with E-state index in [0.717, 1.165) is 37.2 Å². The summed E-state index contributed by atoms with van der Waals surface area (Å²) in [6.45, 7) is 6.47. The zero-order chi connectivity index (χ0) is 15.0. The Hall–Kier alpha value is -1.51. The Morgan fingerprint density at radius 2 is 2.29 bits per heavy atom. The van der Waals surface area contributed by atoms with Crippen LogP contribution in [0, 0.1) is 18.3 Å². The van der Waals surface area contributed by atoms with E-state index >= 15 is 0 Å². The minimum atomic E-state index is 0.0964. The number of aryl methyl sites for hydroxylation is 1. The Labute approximate surface area is 126 Å². The standard InChI is InChI=1S/C18H25NO2/c1-12-8-14-15(10-18(2,3)11-16(14)21-12)19-17(20)9-13-6-4-5-7-13/h4,6,8,13,15H,5,7,9-11H2,1-3H3,(H,19,20)/t13-,15+/m0/s1. The van der Waals surface area contributed by atoms with Crippen LogP contribution < -0.4 is 5.32 Å². The average molecular weight is 287 g/mol. The van der Waals surface area contributed by atoms with E-state index < -0.39 is 0 Å². The van der Waals surface area contributed by atoms with Gasteiger partial charge in [0, 0.05) is 18.4 Å². The topological polar surface area (TPSA) is 42.2 Å². The first-order chi connectivity index (χ1) is 9.93. The molecule has 0 unspecified atom stereocenters. The molecule has 2 aliphatic rings. The average Bonchev–Trinajstić information content (AvgIpc) is 2.96. The molecule has 2 atom stereocenters. The van der Waals surface area contributed by atoms with Gasteiger partial charge in [0.05, 0.1) is 6.04 Å². The smallest absolute Gasteiger partial charge is 0.221 e. The first-order valence-electron chi connectivity index (χ1n) is 7.98. The molecule has 1 amide bonds. The van der Waals surface area contributed by atoms with Crippen LogP contribution in [-0.2, 0) is 11.2 Å². The van der Waals surface area contributed by atoms with Crippen molar-refractivity contribution in [3.8, 4) is 0 Å². The fourth-order valence-electron chi connectivity index (χ4n) is 3.67. The van der Waals surface area contributed by atoms with Gasteiger partial charge < -0.3 is 9.73 Å². The molecule has 21 heavy (non-hydrogen) atoms. The molecule has 3 rings (SSSR count). The second kappa shape index (κ2) is 5.36. The SMILES string of the molecule is Cc1cc2c(o1)CC(C)(C)C[C@H]2NC(=O)C[C@H]1C=CCC1. The molecule has 0 saturated heterocycles. The quantitative estimate of drug-likeness (QED) is 0.851. The zero-order valence-corrected chi connectivity index (χ0v) is 13.2. The van der Waals surface area contributed by atoms with Crippen molar-refractivity contribution >= 4 is 5.91 Å². The third kappa shape index (κ3) is 3.22. The van der Waals surface area contributed by atoms with Gasteiger partial charge in [-0.15, -0.1) is 0 Å². The van der Waals surface area contributed by atoms with Gasteiger partial charge in [0.2, 0.25) is 5.91 Å². The van der Waals surface area contributed by atoms with Gasteiger partial charge in [0.15, 0.2) is 0 Å². The lowest BCUT2D eigenvalue weighted by Gasteiger charge is -2.34. The number of hydrogen-bond donors (Lipinski definition) is 1. The van der Waals surface area contributed by atoms with Crippen LogP contribution in [0.25, 0.3) is 0 Å². The summed E-state index contributed by atoms with van der Waals surface area (Å²) in [6.07, 6.45) is 9.12. The minimum absolute atomic E-state index is 0.0964. The van der Waals surface area contributed by atoms with E-state index in [2.05, 4.69) is 37.4 Å². The van der Waals surface area contributed by atoms with Crippen LogP contribution in [0.15, 0.2) is 22.6 Å². The first kappa shape index (κ1) is 14.4. The molecule has 3 heteroatoms. The predicted octanol–water partition coefficient (Wildman–Crippen LogP) is 4.07. The lowest BCUT2D eigenvalue weighted by Crippen LogP contribution is -2.36. The summed E-state index contributed by atoms with van der Waals surface area (Å²) >= 11 is 0. The molecular weight excluding hydrogens is 262 g/mol. The van der Waals surface area contributed by atoms with E-state index in [0.29, 0.717) is 12.3 Å². The number of hydrogen-bond acceptors (Lipinski definition) is 2. The highest BCUT2D eigenvalue weighted by Crippen LogP contribution is 2.42. The lowest BCUT2D eigenvalue weighted by atomic mass is 9.74. The monoisotopic (exact) mass is 287 g/mol. The second-order valence-corrected chi connectivity index (χ2v) is 7.37. The molecule has 0 aliphatic heterocycles. The van der Waals surface area contributed by atoms with Crippen molar-refractivity contribution < 1.29 is 9.21 Å². The number of fused-ring (bicyclic) bond motifs is 1. The minimum Gasteiger partial charge on any atom is -0.466 e. The lowest BCUT2D eigenvalue weighted by molar-refractivity contribution is -0.122. The molecule has 1 heterocycles. The summed E-state index contributed by atoms with van der Waals surface area (Å²) in [5.74, 6) is 2.58. The highest BCUT2D eigenvalue weighted by Gasteiger charge is 2.35. The van der Waals surface area contributed by atoms with Crippen molar-refractivity contribution in [3.05, 3.63) is 35.3 Å². The number of allylic oxidation sites excluding steroid dienone is 2. The van der Waals surface area contributed by atoms with Crippen LogP contribution in [-0.4, -0.2) is 5.91 Å². The molecular formula is C18H25NO2. The summed E-state index contributed by atoms with van der Waals surface area (Å²) < 4.78 is 5.82. The van der Waals surface area contributed by atoms with Crippen LogP contribution in [0.4, 0.5) is 0 Å². The van der Waals surface area contributed by atoms with Crippen LogP contribution in [0.5, 0.6) is 0 Å². The molecule has 0 radical (unpaired) electrons. The number of furan rings is 1. The molecule has 0 spiro atoms. The second-order valence-electron chi connectivity index (χ2n) is 7.37. The van der Waals surface area contributed by atoms with Crippen LogP contribution in [0.1, 0.15) is 62.7 Å². The molecule has 0 fully saturated rings. The van der Waals surface area contributed by atoms with Gasteiger partial charge in [-0.2, -0.15) is 0 Å². The Balaban J connectivity index is 1.71. The van der Waals surface area contributed by atoms with Crippen molar-refractivity contribution in [1.82, 2.24) is 5.32 Å². The maximum atomic E-state index is 12.3. The molecule has 0 saturated carbocycles. The van der Waals surface area contributed by atoms with Gasteiger partial charge in [0.25, 0.3) is 0 Å². The molecule has 1 aromatic heterocycles. The highest BCUT2D eigenvalue weighted by atomic mass is 16.3. The third-order valence-corrected chi connectivity index (χ3v) is 4.63. The van der Waals surface area contributed by atoms with Crippen molar-refractivity contribution in [2.45, 2.75) is 58.9 Å². The molecule has 114 valence electrons. The Morgan fingerprint density at radius 1 is 1.48 bits per heavy atom. The molecule has 0 bridgehead atoms. The van der Waals surface area contributed by atoms with Crippen LogP contribution >= 0.6 is 0 Å². The first-order valence-corrected chi connectivity index (χ1v) is 7.98. The molecule has 3 nitrogen and oxygen atoms in total. The summed E-state index contributed by atoms with van der Waals surface area (Å²) in [4.78, 5) is 12.3. The number of carbonyl (C=O) groups excluding carboxylic acids is 1. The fourth-order valence-corrected chi connectivity index (χ4v) is 3.67. The van der Waals surface area contributed by atoms with Crippen LogP contribution in [0.3, 0.4) is 0 Å². The van der Waals surface area contributed by atoms with Gasteiger partial charge in [-0.1, -0.05) is 26.0 Å². The van der Waals surface area contributed by atoms with Gasteiger partial charge in [-0.25, -0.2) is 0 Å². The maximum absolute atomic E-state index is 12.3. The molecule has 0 aromatic carbocycles. The van der Waals surface area contributed by atoms with E-state index in [9.17, 15) is 4.79 Å². The summed E-state index contributed by atoms with van der Waals surface area (Å²) in [6, 6.07) is 2.18. The maximum Gasteiger partial charge on any atom is 0.221 e. The number of carbonyl (C=O) groups is 1. The number of amides is 1. The predicted molar refractivity (Wildman–Crippen MR) is 82.9 cm³/mol. The van der Waals surface area contributed by atoms with E-state index in [1.807, 2.05) is 6.92 Å². The summed E-state index contributed by atoms with van der Waals surface area (Å²) in [5.41, 5.74) is 1.35. The van der Waals surface area contributed by atoms with Gasteiger partial charge >= 0.3 is 0 Å². The van der Waals surface area contributed by atoms with E-state index in [4.69, 9.17) is 4.42 Å². The number of rotatable bonds is 3. The van der Waals surface area contributed by atoms with E-state index in [1.54, 1.807) is 0 Å². The van der Waals surface area contributed by atoms with Crippen LogP contribution in [0.2, 0.25) is 0 Å². The van der Waals surface area contributed by atoms with Gasteiger partial charge in [0.1, 0.15) is 11.5 Å². The van der Waals surface area contributed by atoms with Crippen molar-refractivity contribution in [1.29, 1.82) is 0 Å². The van der Waals surface area contributed by atoms with Gasteiger partial charge in [-0.3, -0.25) is 4.79 Å². The normalized spacial score (nSPS) is 26.6. The highest BCUT2D eigenvalue weighted by molar-refractivity contribution is 5.77. The molecule has 1 N–H and O–H groups in total. The Morgan fingerprint density at radius 3 is 3.00 bits per heavy atom. The van der Waals surface area contributed by atoms with E-state index in [-0.39, 0.29) is 17.4 Å². The van der Waals surface area contributed by atoms with Crippen molar-refractivity contribution in [2.24, 2.45) is 11.3 Å². The third-order valence-electron chi connectivity index (χ3n) is 4.63. The Bertz CT molecular complexity index is 568. The molecule has 1 aromatic rings. The fraction of sp³-hybridized carbons (Fsp3) is 0.611. The van der Waals surface area contributed by atoms with Crippen molar-refractivity contribution in [3.63, 3.8) is 0 Å². The van der Waals surface area contributed by atoms with E-state index in [1.165, 1.54) is 5.56 Å². The summed E-state index contributed by atoms with van der Waals surface area (Å²) in [5, 5.41) is 3.24. The zero-order valence-electron chi connectivity index (χ0n) is 13.2. The molecule has 2 aliphatic carbocycles. The van der Waals surface area contributed by atoms with Crippen molar-refractivity contribution in [2.75, 3.05) is 0 Å². The summed E-state index contributed by atoms with van der Waals surface area (Å²) in [7, 11) is 0.